The molecule has 0 saturated heterocycles. The Morgan fingerprint density at radius 3 is 2.50 bits per heavy atom. The number of hydrogen-bond acceptors (Lipinski definition) is 2. The summed E-state index contributed by atoms with van der Waals surface area (Å²) in [5.74, 6) is 0. The molecule has 0 aliphatic heterocycles. The van der Waals surface area contributed by atoms with E-state index in [0.717, 1.165) is 18.4 Å². The number of oxime groups is 1. The van der Waals surface area contributed by atoms with E-state index in [1.54, 1.807) is 12.1 Å². The van der Waals surface area contributed by atoms with Gasteiger partial charge in [0.05, 0.1) is 6.21 Å². The van der Waals surface area contributed by atoms with E-state index in [1.807, 2.05) is 0 Å². The highest BCUT2D eigenvalue weighted by molar-refractivity contribution is 5.79. The van der Waals surface area contributed by atoms with Crippen molar-refractivity contribution in [3.63, 3.8) is 0 Å². The largest absolute Gasteiger partial charge is 0.396 e. The minimum Gasteiger partial charge on any atom is -0.396 e. The first-order valence-corrected chi connectivity index (χ1v) is 6.27. The van der Waals surface area contributed by atoms with Gasteiger partial charge in [-0.15, -0.1) is 0 Å². The van der Waals surface area contributed by atoms with Crippen LogP contribution in [-0.4, -0.2) is 12.8 Å². The van der Waals surface area contributed by atoms with Gasteiger partial charge in [0.15, 0.2) is 0 Å². The van der Waals surface area contributed by atoms with E-state index in [0.29, 0.717) is 6.61 Å². The van der Waals surface area contributed by atoms with Crippen molar-refractivity contribution in [2.45, 2.75) is 39.0 Å². The second-order valence-electron chi connectivity index (χ2n) is 4.10. The third kappa shape index (κ3) is 5.75. The second kappa shape index (κ2) is 8.61. The molecule has 0 aromatic heterocycles. The summed E-state index contributed by atoms with van der Waals surface area (Å²) in [6, 6.07) is 6.00. The highest BCUT2D eigenvalue weighted by Crippen LogP contribution is 2.18. The van der Waals surface area contributed by atoms with Gasteiger partial charge in [-0.3, -0.25) is 0 Å². The molecule has 1 aromatic rings. The van der Waals surface area contributed by atoms with E-state index in [2.05, 4.69) is 12.1 Å². The van der Waals surface area contributed by atoms with Crippen LogP contribution in [0.25, 0.3) is 0 Å². The smallest absolute Gasteiger partial charge is 0.263 e. The lowest BCUT2D eigenvalue weighted by Crippen LogP contribution is -1.90. The molecule has 2 nitrogen and oxygen atoms in total. The molecule has 0 aliphatic carbocycles. The normalized spacial score (nSPS) is 11.3. The summed E-state index contributed by atoms with van der Waals surface area (Å²) in [4.78, 5) is 5.08. The van der Waals surface area contributed by atoms with E-state index < -0.39 is 6.43 Å². The molecule has 0 atom stereocenters. The lowest BCUT2D eigenvalue weighted by atomic mass is 10.1. The van der Waals surface area contributed by atoms with Crippen molar-refractivity contribution in [3.05, 3.63) is 35.4 Å². The summed E-state index contributed by atoms with van der Waals surface area (Å²) < 4.78 is 24.6. The zero-order valence-electron chi connectivity index (χ0n) is 10.6. The van der Waals surface area contributed by atoms with Crippen LogP contribution < -0.4 is 0 Å². The van der Waals surface area contributed by atoms with Gasteiger partial charge in [-0.25, -0.2) is 8.78 Å². The molecule has 0 bridgehead atoms. The molecule has 0 saturated carbocycles. The monoisotopic (exact) mass is 255 g/mol. The van der Waals surface area contributed by atoms with Crippen molar-refractivity contribution in [2.24, 2.45) is 5.16 Å². The van der Waals surface area contributed by atoms with E-state index in [9.17, 15) is 8.78 Å². The fourth-order valence-corrected chi connectivity index (χ4v) is 1.47. The zero-order chi connectivity index (χ0) is 13.2. The Morgan fingerprint density at radius 2 is 1.89 bits per heavy atom. The van der Waals surface area contributed by atoms with Crippen LogP contribution >= 0.6 is 0 Å². The van der Waals surface area contributed by atoms with Gasteiger partial charge in [-0.2, -0.15) is 0 Å². The van der Waals surface area contributed by atoms with E-state index in [4.69, 9.17) is 4.84 Å². The Hall–Kier alpha value is -1.45. The van der Waals surface area contributed by atoms with Gasteiger partial charge >= 0.3 is 0 Å². The van der Waals surface area contributed by atoms with Crippen molar-refractivity contribution in [1.82, 2.24) is 0 Å². The van der Waals surface area contributed by atoms with Gasteiger partial charge in [-0.05, 0) is 18.4 Å². The molecule has 0 N–H and O–H groups in total. The average Bonchev–Trinajstić information content (AvgIpc) is 2.38. The molecular formula is C14H19F2NO. The lowest BCUT2D eigenvalue weighted by molar-refractivity contribution is 0.141. The first-order chi connectivity index (χ1) is 8.74. The lowest BCUT2D eigenvalue weighted by Gasteiger charge is -2.00. The summed E-state index contributed by atoms with van der Waals surface area (Å²) in [7, 11) is 0. The van der Waals surface area contributed by atoms with E-state index in [1.165, 1.54) is 31.2 Å². The van der Waals surface area contributed by atoms with Crippen LogP contribution in [0.15, 0.2) is 29.4 Å². The molecule has 0 radical (unpaired) electrons. The molecule has 0 spiro atoms. The number of nitrogens with zero attached hydrogens (tertiary/aromatic N) is 1. The third-order valence-corrected chi connectivity index (χ3v) is 2.55. The highest BCUT2D eigenvalue weighted by Gasteiger charge is 2.04. The molecule has 1 rings (SSSR count). The molecule has 0 amide bonds. The van der Waals surface area contributed by atoms with Crippen molar-refractivity contribution in [3.8, 4) is 0 Å². The number of benzene rings is 1. The van der Waals surface area contributed by atoms with Crippen LogP contribution in [0.2, 0.25) is 0 Å². The van der Waals surface area contributed by atoms with Gasteiger partial charge < -0.3 is 4.84 Å². The molecule has 0 aliphatic rings. The van der Waals surface area contributed by atoms with Gasteiger partial charge in [-0.1, -0.05) is 49.2 Å². The maximum Gasteiger partial charge on any atom is 0.263 e. The molecule has 1 aromatic carbocycles. The summed E-state index contributed by atoms with van der Waals surface area (Å²) in [5, 5.41) is 3.80. The molecule has 4 heteroatoms. The molecular weight excluding hydrogens is 236 g/mol. The Bertz CT molecular complexity index is 349. The Balaban J connectivity index is 2.25. The van der Waals surface area contributed by atoms with E-state index >= 15 is 0 Å². The van der Waals surface area contributed by atoms with Crippen molar-refractivity contribution in [1.29, 1.82) is 0 Å². The average molecular weight is 255 g/mol. The Kier molecular flexibility index (Phi) is 6.99. The van der Waals surface area contributed by atoms with Gasteiger partial charge in [0, 0.05) is 5.56 Å². The van der Waals surface area contributed by atoms with Gasteiger partial charge in [0.1, 0.15) is 6.61 Å². The standard InChI is InChI=1S/C14H19F2NO/c1-2-3-4-5-10-18-17-11-12-6-8-13(9-7-12)14(15)16/h6-9,11,14H,2-5,10H2,1H3. The summed E-state index contributed by atoms with van der Waals surface area (Å²) in [5.41, 5.74) is 0.778. The predicted octanol–water partition coefficient (Wildman–Crippen LogP) is 4.56. The quantitative estimate of drug-likeness (QED) is 0.379. The number of halogens is 2. The number of alkyl halides is 2. The first kappa shape index (κ1) is 14.6. The molecule has 0 heterocycles. The summed E-state index contributed by atoms with van der Waals surface area (Å²) >= 11 is 0. The van der Waals surface area contributed by atoms with Crippen LogP contribution in [0.4, 0.5) is 8.78 Å². The molecule has 0 fully saturated rings. The van der Waals surface area contributed by atoms with Gasteiger partial charge in [0.2, 0.25) is 0 Å². The fourth-order valence-electron chi connectivity index (χ4n) is 1.47. The van der Waals surface area contributed by atoms with Crippen molar-refractivity contribution < 1.29 is 13.6 Å². The van der Waals surface area contributed by atoms with E-state index in [-0.39, 0.29) is 5.56 Å². The minimum atomic E-state index is -2.43. The molecule has 18 heavy (non-hydrogen) atoms. The van der Waals surface area contributed by atoms with Crippen molar-refractivity contribution >= 4 is 6.21 Å². The topological polar surface area (TPSA) is 21.6 Å². The maximum atomic E-state index is 12.3. The molecule has 0 unspecified atom stereocenters. The first-order valence-electron chi connectivity index (χ1n) is 6.27. The van der Waals surface area contributed by atoms with Crippen LogP contribution in [0.3, 0.4) is 0 Å². The Labute approximate surface area is 107 Å². The third-order valence-electron chi connectivity index (χ3n) is 2.55. The maximum absolute atomic E-state index is 12.3. The van der Waals surface area contributed by atoms with Crippen LogP contribution in [-0.2, 0) is 4.84 Å². The second-order valence-corrected chi connectivity index (χ2v) is 4.10. The van der Waals surface area contributed by atoms with Crippen LogP contribution in [0.1, 0.15) is 50.2 Å². The fraction of sp³-hybridized carbons (Fsp3) is 0.500. The number of rotatable bonds is 8. The minimum absolute atomic E-state index is 0.0210. The highest BCUT2D eigenvalue weighted by atomic mass is 19.3. The van der Waals surface area contributed by atoms with Gasteiger partial charge in [0.25, 0.3) is 6.43 Å². The molecule has 100 valence electrons. The number of unbranched alkanes of at least 4 members (excludes halogenated alkanes) is 3. The van der Waals surface area contributed by atoms with Crippen LogP contribution in [0.5, 0.6) is 0 Å². The SMILES string of the molecule is CCCCCCON=Cc1ccc(C(F)F)cc1. The number of hydrogen-bond donors (Lipinski definition) is 0. The summed E-state index contributed by atoms with van der Waals surface area (Å²) in [6.45, 7) is 2.76. The summed E-state index contributed by atoms with van der Waals surface area (Å²) in [6.07, 6.45) is 3.66. The Morgan fingerprint density at radius 1 is 1.17 bits per heavy atom. The van der Waals surface area contributed by atoms with Crippen molar-refractivity contribution in [2.75, 3.05) is 6.61 Å². The zero-order valence-corrected chi connectivity index (χ0v) is 10.6. The van der Waals surface area contributed by atoms with Crippen LogP contribution in [0, 0.1) is 0 Å². The predicted molar refractivity (Wildman–Crippen MR) is 69.1 cm³/mol.